The normalized spacial score (nSPS) is 22.7. The molecule has 2 unspecified atom stereocenters. The highest BCUT2D eigenvalue weighted by atomic mass is 16.3. The summed E-state index contributed by atoms with van der Waals surface area (Å²) in [6, 6.07) is 13.4. The lowest BCUT2D eigenvalue weighted by molar-refractivity contribution is -0.123. The van der Waals surface area contributed by atoms with Gasteiger partial charge >= 0.3 is 0 Å². The maximum atomic E-state index is 12.3. The molecular formula is C17H16O3. The highest BCUT2D eigenvalue weighted by Crippen LogP contribution is 2.35. The standard InChI is InChI=1S/C17H16O3/c18-15-9-8-13(12-5-2-1-3-6-12)11-14(15)17(19)16-7-4-10-20-16/h1-7,10,13-14H,8-9,11H2. The van der Waals surface area contributed by atoms with Crippen molar-refractivity contribution >= 4 is 11.6 Å². The zero-order valence-electron chi connectivity index (χ0n) is 11.1. The van der Waals surface area contributed by atoms with Gasteiger partial charge in [-0.2, -0.15) is 0 Å². The summed E-state index contributed by atoms with van der Waals surface area (Å²) >= 11 is 0. The summed E-state index contributed by atoms with van der Waals surface area (Å²) in [5.41, 5.74) is 1.21. The molecule has 0 saturated heterocycles. The number of hydrogen-bond acceptors (Lipinski definition) is 3. The van der Waals surface area contributed by atoms with E-state index in [2.05, 4.69) is 12.1 Å². The smallest absolute Gasteiger partial charge is 0.208 e. The first-order chi connectivity index (χ1) is 9.75. The summed E-state index contributed by atoms with van der Waals surface area (Å²) in [4.78, 5) is 24.4. The van der Waals surface area contributed by atoms with E-state index in [0.717, 1.165) is 6.42 Å². The van der Waals surface area contributed by atoms with Crippen LogP contribution in [0.25, 0.3) is 0 Å². The van der Waals surface area contributed by atoms with Crippen LogP contribution >= 0.6 is 0 Å². The lowest BCUT2D eigenvalue weighted by Gasteiger charge is -2.27. The Bertz CT molecular complexity index is 598. The van der Waals surface area contributed by atoms with Crippen molar-refractivity contribution in [3.8, 4) is 0 Å². The summed E-state index contributed by atoms with van der Waals surface area (Å²) in [6.07, 6.45) is 3.35. The third-order valence-corrected chi connectivity index (χ3v) is 4.00. The molecule has 3 heteroatoms. The van der Waals surface area contributed by atoms with Crippen molar-refractivity contribution in [3.05, 3.63) is 60.1 Å². The van der Waals surface area contributed by atoms with Crippen molar-refractivity contribution in [1.82, 2.24) is 0 Å². The van der Waals surface area contributed by atoms with E-state index in [1.807, 2.05) is 18.2 Å². The van der Waals surface area contributed by atoms with Gasteiger partial charge in [0.05, 0.1) is 12.2 Å². The Labute approximate surface area is 117 Å². The van der Waals surface area contributed by atoms with Crippen molar-refractivity contribution in [2.75, 3.05) is 0 Å². The molecule has 0 bridgehead atoms. The van der Waals surface area contributed by atoms with E-state index in [-0.39, 0.29) is 23.2 Å². The molecule has 2 atom stereocenters. The maximum absolute atomic E-state index is 12.3. The molecule has 2 aromatic rings. The fourth-order valence-electron chi connectivity index (χ4n) is 2.90. The van der Waals surface area contributed by atoms with E-state index in [0.29, 0.717) is 12.8 Å². The number of carbonyl (C=O) groups is 2. The van der Waals surface area contributed by atoms with E-state index in [9.17, 15) is 9.59 Å². The first-order valence-corrected chi connectivity index (χ1v) is 6.91. The maximum Gasteiger partial charge on any atom is 0.208 e. The van der Waals surface area contributed by atoms with Crippen LogP contribution in [0.3, 0.4) is 0 Å². The Morgan fingerprint density at radius 1 is 1.10 bits per heavy atom. The van der Waals surface area contributed by atoms with Gasteiger partial charge in [0, 0.05) is 6.42 Å². The van der Waals surface area contributed by atoms with Crippen LogP contribution in [0.4, 0.5) is 0 Å². The summed E-state index contributed by atoms with van der Waals surface area (Å²) in [7, 11) is 0. The Kier molecular flexibility index (Phi) is 3.50. The van der Waals surface area contributed by atoms with Gasteiger partial charge in [0.1, 0.15) is 5.78 Å². The zero-order chi connectivity index (χ0) is 13.9. The molecule has 1 aromatic carbocycles. The average molecular weight is 268 g/mol. The minimum Gasteiger partial charge on any atom is -0.461 e. The monoisotopic (exact) mass is 268 g/mol. The van der Waals surface area contributed by atoms with E-state index >= 15 is 0 Å². The van der Waals surface area contributed by atoms with Crippen molar-refractivity contribution in [2.24, 2.45) is 5.92 Å². The molecule has 3 rings (SSSR count). The quantitative estimate of drug-likeness (QED) is 0.631. The highest BCUT2D eigenvalue weighted by molar-refractivity contribution is 6.09. The van der Waals surface area contributed by atoms with Crippen molar-refractivity contribution < 1.29 is 14.0 Å². The molecule has 1 fully saturated rings. The number of rotatable bonds is 3. The van der Waals surface area contributed by atoms with Crippen LogP contribution in [0, 0.1) is 5.92 Å². The fraction of sp³-hybridized carbons (Fsp3) is 0.294. The summed E-state index contributed by atoms with van der Waals surface area (Å²) in [5.74, 6) is -0.130. The molecule has 1 aliphatic carbocycles. The zero-order valence-corrected chi connectivity index (χ0v) is 11.1. The van der Waals surface area contributed by atoms with Gasteiger partial charge in [0.15, 0.2) is 5.76 Å². The largest absolute Gasteiger partial charge is 0.461 e. The van der Waals surface area contributed by atoms with Gasteiger partial charge in [0.25, 0.3) is 0 Å². The molecule has 1 aliphatic rings. The predicted molar refractivity (Wildman–Crippen MR) is 74.6 cm³/mol. The molecule has 1 saturated carbocycles. The molecule has 0 aliphatic heterocycles. The van der Waals surface area contributed by atoms with Crippen LogP contribution in [-0.2, 0) is 4.79 Å². The number of carbonyl (C=O) groups excluding carboxylic acids is 2. The minimum atomic E-state index is -0.555. The first kappa shape index (κ1) is 12.9. The molecule has 1 heterocycles. The SMILES string of the molecule is O=C1CCC(c2ccccc2)CC1C(=O)c1ccco1. The fourth-order valence-corrected chi connectivity index (χ4v) is 2.90. The molecular weight excluding hydrogens is 252 g/mol. The molecule has 102 valence electrons. The number of Topliss-reactive ketones (excluding diaryl/α,β-unsaturated/α-hetero) is 2. The third-order valence-electron chi connectivity index (χ3n) is 4.00. The van der Waals surface area contributed by atoms with Crippen LogP contribution < -0.4 is 0 Å². The lowest BCUT2D eigenvalue weighted by atomic mass is 9.75. The van der Waals surface area contributed by atoms with Gasteiger partial charge in [-0.3, -0.25) is 9.59 Å². The van der Waals surface area contributed by atoms with Crippen LogP contribution in [0.1, 0.15) is 41.3 Å². The third kappa shape index (κ3) is 2.44. The number of furan rings is 1. The first-order valence-electron chi connectivity index (χ1n) is 6.91. The Balaban J connectivity index is 1.80. The van der Waals surface area contributed by atoms with Crippen LogP contribution in [-0.4, -0.2) is 11.6 Å². The predicted octanol–water partition coefficient (Wildman–Crippen LogP) is 3.62. The van der Waals surface area contributed by atoms with Crippen molar-refractivity contribution in [2.45, 2.75) is 25.2 Å². The van der Waals surface area contributed by atoms with Gasteiger partial charge in [-0.1, -0.05) is 30.3 Å². The van der Waals surface area contributed by atoms with Crippen LogP contribution in [0.15, 0.2) is 53.1 Å². The summed E-state index contributed by atoms with van der Waals surface area (Å²) in [5, 5.41) is 0. The number of benzene rings is 1. The molecule has 0 amide bonds. The van der Waals surface area contributed by atoms with E-state index in [1.54, 1.807) is 12.1 Å². The Hall–Kier alpha value is -2.16. The molecule has 0 N–H and O–H groups in total. The summed E-state index contributed by atoms with van der Waals surface area (Å²) < 4.78 is 5.14. The van der Waals surface area contributed by atoms with Gasteiger partial charge < -0.3 is 4.42 Å². The minimum absolute atomic E-state index is 0.0404. The second-order valence-corrected chi connectivity index (χ2v) is 5.24. The van der Waals surface area contributed by atoms with Gasteiger partial charge in [-0.05, 0) is 36.5 Å². The van der Waals surface area contributed by atoms with Crippen molar-refractivity contribution in [1.29, 1.82) is 0 Å². The van der Waals surface area contributed by atoms with Gasteiger partial charge in [0.2, 0.25) is 5.78 Å². The average Bonchev–Trinajstić information content (AvgIpc) is 3.02. The highest BCUT2D eigenvalue weighted by Gasteiger charge is 2.35. The molecule has 1 aromatic heterocycles. The number of ketones is 2. The molecule has 20 heavy (non-hydrogen) atoms. The van der Waals surface area contributed by atoms with E-state index in [1.165, 1.54) is 11.8 Å². The van der Waals surface area contributed by atoms with Gasteiger partial charge in [-0.25, -0.2) is 0 Å². The van der Waals surface area contributed by atoms with Crippen LogP contribution in [0.2, 0.25) is 0 Å². The summed E-state index contributed by atoms with van der Waals surface area (Å²) in [6.45, 7) is 0. The van der Waals surface area contributed by atoms with Crippen molar-refractivity contribution in [3.63, 3.8) is 0 Å². The van der Waals surface area contributed by atoms with E-state index < -0.39 is 5.92 Å². The Morgan fingerprint density at radius 3 is 2.60 bits per heavy atom. The second-order valence-electron chi connectivity index (χ2n) is 5.24. The molecule has 0 radical (unpaired) electrons. The molecule has 0 spiro atoms. The van der Waals surface area contributed by atoms with Gasteiger partial charge in [-0.15, -0.1) is 0 Å². The Morgan fingerprint density at radius 2 is 1.90 bits per heavy atom. The lowest BCUT2D eigenvalue weighted by Crippen LogP contribution is -2.30. The number of hydrogen-bond donors (Lipinski definition) is 0. The topological polar surface area (TPSA) is 47.3 Å². The van der Waals surface area contributed by atoms with E-state index in [4.69, 9.17) is 4.42 Å². The van der Waals surface area contributed by atoms with Crippen LogP contribution in [0.5, 0.6) is 0 Å². The second kappa shape index (κ2) is 5.45. The molecule has 3 nitrogen and oxygen atoms in total.